The highest BCUT2D eigenvalue weighted by atomic mass is 79.9. The van der Waals surface area contributed by atoms with E-state index in [4.69, 9.17) is 11.6 Å². The second kappa shape index (κ2) is 8.51. The number of primary amides is 1. The summed E-state index contributed by atoms with van der Waals surface area (Å²) in [5, 5.41) is 3.39. The van der Waals surface area contributed by atoms with Crippen LogP contribution in [-0.2, 0) is 4.79 Å². The summed E-state index contributed by atoms with van der Waals surface area (Å²) in [4.78, 5) is 9.46. The van der Waals surface area contributed by atoms with Crippen LogP contribution in [0.4, 0.5) is 0 Å². The number of piperidine rings is 1. The molecule has 0 saturated carbocycles. The van der Waals surface area contributed by atoms with Crippen LogP contribution in [0.5, 0.6) is 0 Å². The van der Waals surface area contributed by atoms with Gasteiger partial charge in [0.1, 0.15) is 5.88 Å². The lowest BCUT2D eigenvalue weighted by atomic mass is 9.90. The van der Waals surface area contributed by atoms with E-state index in [1.807, 2.05) is 0 Å². The van der Waals surface area contributed by atoms with Gasteiger partial charge in [0.25, 0.3) is 0 Å². The van der Waals surface area contributed by atoms with Gasteiger partial charge in [-0.1, -0.05) is 28.1 Å². The van der Waals surface area contributed by atoms with E-state index in [1.165, 1.54) is 36.0 Å². The number of halogens is 2. The SMILES string of the molecule is Brc1ccc(C2CCNCC2)cc1.NC(=O)CCl. The van der Waals surface area contributed by atoms with Crippen LogP contribution >= 0.6 is 27.5 Å². The van der Waals surface area contributed by atoms with Gasteiger partial charge in [-0.05, 0) is 49.5 Å². The Morgan fingerprint density at radius 1 is 1.33 bits per heavy atom. The van der Waals surface area contributed by atoms with E-state index in [0.29, 0.717) is 0 Å². The predicted octanol–water partition coefficient (Wildman–Crippen LogP) is 2.63. The maximum absolute atomic E-state index is 9.46. The van der Waals surface area contributed by atoms with Crippen molar-refractivity contribution in [2.45, 2.75) is 18.8 Å². The van der Waals surface area contributed by atoms with Crippen molar-refractivity contribution in [3.8, 4) is 0 Å². The summed E-state index contributed by atoms with van der Waals surface area (Å²) >= 11 is 8.32. The number of amides is 1. The maximum atomic E-state index is 9.46. The number of carbonyl (C=O) groups excluding carboxylic acids is 1. The first-order valence-electron chi connectivity index (χ1n) is 5.94. The first-order chi connectivity index (χ1) is 8.63. The van der Waals surface area contributed by atoms with Gasteiger partial charge >= 0.3 is 0 Å². The Balaban J connectivity index is 0.000000280. The average Bonchev–Trinajstić information content (AvgIpc) is 2.41. The van der Waals surface area contributed by atoms with Crippen LogP contribution in [0.25, 0.3) is 0 Å². The fourth-order valence-electron chi connectivity index (χ4n) is 1.89. The third-order valence-electron chi connectivity index (χ3n) is 2.81. The average molecular weight is 334 g/mol. The molecule has 0 unspecified atom stereocenters. The van der Waals surface area contributed by atoms with Gasteiger partial charge in [-0.3, -0.25) is 4.79 Å². The molecule has 3 nitrogen and oxygen atoms in total. The molecule has 1 amide bonds. The molecule has 1 aliphatic heterocycles. The Morgan fingerprint density at radius 3 is 2.28 bits per heavy atom. The van der Waals surface area contributed by atoms with Gasteiger partial charge in [-0.25, -0.2) is 0 Å². The Kier molecular flexibility index (Phi) is 7.32. The summed E-state index contributed by atoms with van der Waals surface area (Å²) in [6.45, 7) is 2.33. The van der Waals surface area contributed by atoms with Gasteiger partial charge < -0.3 is 11.1 Å². The number of carbonyl (C=O) groups is 1. The van der Waals surface area contributed by atoms with Crippen LogP contribution in [0.3, 0.4) is 0 Å². The van der Waals surface area contributed by atoms with Crippen molar-refractivity contribution in [1.82, 2.24) is 5.32 Å². The zero-order chi connectivity index (χ0) is 13.4. The van der Waals surface area contributed by atoms with E-state index in [1.54, 1.807) is 0 Å². The van der Waals surface area contributed by atoms with Crippen LogP contribution in [0.1, 0.15) is 24.3 Å². The van der Waals surface area contributed by atoms with Crippen LogP contribution in [0.15, 0.2) is 28.7 Å². The number of nitrogens with two attached hydrogens (primary N) is 1. The highest BCUT2D eigenvalue weighted by Gasteiger charge is 2.14. The molecule has 0 bridgehead atoms. The van der Waals surface area contributed by atoms with Crippen molar-refractivity contribution < 1.29 is 4.79 Å². The molecule has 1 fully saturated rings. The molecular formula is C13H18BrClN2O. The summed E-state index contributed by atoms with van der Waals surface area (Å²) in [7, 11) is 0. The highest BCUT2D eigenvalue weighted by molar-refractivity contribution is 9.10. The largest absolute Gasteiger partial charge is 0.369 e. The smallest absolute Gasteiger partial charge is 0.232 e. The third-order valence-corrected chi connectivity index (χ3v) is 3.60. The monoisotopic (exact) mass is 332 g/mol. The minimum absolute atomic E-state index is 0.0833. The van der Waals surface area contributed by atoms with Crippen LogP contribution in [0, 0.1) is 0 Å². The van der Waals surface area contributed by atoms with E-state index in [2.05, 4.69) is 51.2 Å². The summed E-state index contributed by atoms with van der Waals surface area (Å²) < 4.78 is 1.17. The number of benzene rings is 1. The fraction of sp³-hybridized carbons (Fsp3) is 0.462. The molecule has 18 heavy (non-hydrogen) atoms. The molecule has 0 radical (unpaired) electrons. The number of hydrogen-bond donors (Lipinski definition) is 2. The van der Waals surface area contributed by atoms with Crippen molar-refractivity contribution in [1.29, 1.82) is 0 Å². The van der Waals surface area contributed by atoms with E-state index < -0.39 is 5.91 Å². The number of hydrogen-bond acceptors (Lipinski definition) is 2. The molecule has 3 N–H and O–H groups in total. The van der Waals surface area contributed by atoms with Gasteiger partial charge in [-0.15, -0.1) is 11.6 Å². The normalized spacial score (nSPS) is 15.7. The van der Waals surface area contributed by atoms with Crippen molar-refractivity contribution in [3.05, 3.63) is 34.3 Å². The second-order valence-electron chi connectivity index (χ2n) is 4.18. The zero-order valence-corrected chi connectivity index (χ0v) is 12.5. The van der Waals surface area contributed by atoms with Crippen molar-refractivity contribution in [2.75, 3.05) is 19.0 Å². The molecule has 1 heterocycles. The fourth-order valence-corrected chi connectivity index (χ4v) is 2.15. The number of alkyl halides is 1. The minimum atomic E-state index is -0.480. The maximum Gasteiger partial charge on any atom is 0.232 e. The van der Waals surface area contributed by atoms with Gasteiger partial charge in [0.15, 0.2) is 0 Å². The second-order valence-corrected chi connectivity index (χ2v) is 5.36. The van der Waals surface area contributed by atoms with Gasteiger partial charge in [-0.2, -0.15) is 0 Å². The number of nitrogens with one attached hydrogen (secondary N) is 1. The molecule has 1 saturated heterocycles. The van der Waals surface area contributed by atoms with E-state index in [0.717, 1.165) is 5.92 Å². The Labute approximate surface area is 121 Å². The molecular weight excluding hydrogens is 316 g/mol. The molecule has 1 aromatic rings. The van der Waals surface area contributed by atoms with Crippen molar-refractivity contribution in [3.63, 3.8) is 0 Å². The molecule has 0 aliphatic carbocycles. The van der Waals surface area contributed by atoms with E-state index in [9.17, 15) is 4.79 Å². The third kappa shape index (κ3) is 5.85. The molecule has 0 spiro atoms. The van der Waals surface area contributed by atoms with Gasteiger partial charge in [0.2, 0.25) is 5.91 Å². The molecule has 5 heteroatoms. The summed E-state index contributed by atoms with van der Waals surface area (Å²) in [6.07, 6.45) is 2.56. The topological polar surface area (TPSA) is 55.1 Å². The first kappa shape index (κ1) is 15.5. The Hall–Kier alpha value is -0.580. The Morgan fingerprint density at radius 2 is 1.83 bits per heavy atom. The number of rotatable bonds is 2. The molecule has 0 aromatic heterocycles. The van der Waals surface area contributed by atoms with Crippen LogP contribution < -0.4 is 11.1 Å². The lowest BCUT2D eigenvalue weighted by Crippen LogP contribution is -2.26. The standard InChI is InChI=1S/C11H14BrN.C2H4ClNO/c12-11-3-1-9(2-4-11)10-5-7-13-8-6-10;3-1-2(4)5/h1-4,10,13H,5-8H2;1H2,(H2,4,5). The van der Waals surface area contributed by atoms with Crippen LogP contribution in [-0.4, -0.2) is 24.9 Å². The Bertz CT molecular complexity index is 364. The van der Waals surface area contributed by atoms with E-state index in [-0.39, 0.29) is 5.88 Å². The highest BCUT2D eigenvalue weighted by Crippen LogP contribution is 2.25. The lowest BCUT2D eigenvalue weighted by Gasteiger charge is -2.22. The summed E-state index contributed by atoms with van der Waals surface area (Å²) in [5.41, 5.74) is 6.01. The molecule has 1 aliphatic rings. The molecule has 100 valence electrons. The zero-order valence-electron chi connectivity index (χ0n) is 10.2. The van der Waals surface area contributed by atoms with Crippen molar-refractivity contribution in [2.24, 2.45) is 5.73 Å². The predicted molar refractivity (Wildman–Crippen MR) is 78.9 cm³/mol. The van der Waals surface area contributed by atoms with E-state index >= 15 is 0 Å². The summed E-state index contributed by atoms with van der Waals surface area (Å²) in [6, 6.07) is 8.74. The van der Waals surface area contributed by atoms with Gasteiger partial charge in [0, 0.05) is 4.47 Å². The first-order valence-corrected chi connectivity index (χ1v) is 7.26. The molecule has 2 rings (SSSR count). The quantitative estimate of drug-likeness (QED) is 0.818. The lowest BCUT2D eigenvalue weighted by molar-refractivity contribution is -0.115. The molecule has 1 aromatic carbocycles. The van der Waals surface area contributed by atoms with Crippen LogP contribution in [0.2, 0.25) is 0 Å². The van der Waals surface area contributed by atoms with Gasteiger partial charge in [0.05, 0.1) is 0 Å². The minimum Gasteiger partial charge on any atom is -0.369 e. The van der Waals surface area contributed by atoms with Crippen molar-refractivity contribution >= 4 is 33.4 Å². The summed E-state index contributed by atoms with van der Waals surface area (Å²) in [5.74, 6) is 0.209. The molecule has 0 atom stereocenters.